The highest BCUT2D eigenvalue weighted by atomic mass is 16.8. The molecule has 21 fully saturated rings. The molecule has 0 unspecified atom stereocenters. The molecule has 35 nitrogen and oxygen atoms in total. The number of ether oxygens (including phenoxy) is 14. The lowest BCUT2D eigenvalue weighted by Gasteiger charge is -2.50. The number of hydrogen-bond donors (Lipinski definition) is 21. The van der Waals surface area contributed by atoms with Gasteiger partial charge in [-0.1, -0.05) is 0 Å². The molecule has 21 aliphatic heterocycles. The summed E-state index contributed by atoms with van der Waals surface area (Å²) in [5, 5.41) is 230. The van der Waals surface area contributed by atoms with Gasteiger partial charge in [0.05, 0.1) is 46.2 Å². The normalized spacial score (nSPS) is 55.4. The van der Waals surface area contributed by atoms with E-state index < -0.39 is 261 Å². The van der Waals surface area contributed by atoms with E-state index in [4.69, 9.17) is 66.3 Å². The fourth-order valence-electron chi connectivity index (χ4n) is 10.4. The van der Waals surface area contributed by atoms with E-state index in [0.29, 0.717) is 0 Å². The van der Waals surface area contributed by atoms with E-state index in [2.05, 4.69) is 0 Å². The Morgan fingerprint density at radius 3 is 0.351 bits per heavy atom. The van der Waals surface area contributed by atoms with Crippen molar-refractivity contribution in [2.24, 2.45) is 0 Å². The van der Waals surface area contributed by atoms with Gasteiger partial charge in [-0.3, -0.25) is 0 Å². The molecule has 0 aromatic heterocycles. The van der Waals surface area contributed by atoms with Crippen molar-refractivity contribution in [3.63, 3.8) is 0 Å². The SMILES string of the molecule is OC[C@@H]1O[C@H]2O[C@H]3[C@H](O)[C@@H](O)[C@H](O[C@H]4[C@H](O)[C@@H](O)[C@H](O[C@H]5[C@H](O)[C@@H](O)[C@H](O[C@H]6[C@H](O)[C@@H](O)[C@@H](O[C@H]7[C@H](O)[C@@H](O)[C@H](O[C@H]8[C@H](O)[C@@H](O)[C@H](O[C@H]1[C@H](O)[C@H]2O)O[C@H]8CO)O[C@H]7CO)O[C@H]6CO)O[C@@H]5CO)O[C@H]4CO)O[C@H]3CO. The zero-order valence-electron chi connectivity index (χ0n) is 40.3. The summed E-state index contributed by atoms with van der Waals surface area (Å²) in [6.07, 6.45) is -70.2. The molecule has 77 heavy (non-hydrogen) atoms. The van der Waals surface area contributed by atoms with Gasteiger partial charge in [-0.15, -0.1) is 0 Å². The van der Waals surface area contributed by atoms with Crippen LogP contribution in [0.5, 0.6) is 0 Å². The monoisotopic (exact) mass is 1130 g/mol. The van der Waals surface area contributed by atoms with E-state index in [9.17, 15) is 107 Å². The fraction of sp³-hybridized carbons (Fsp3) is 1.00. The number of aliphatic hydroxyl groups excluding tert-OH is 21. The average molecular weight is 1130 g/mol. The third kappa shape index (κ3) is 12.1. The molecule has 0 radical (unpaired) electrons. The Morgan fingerprint density at radius 1 is 0.156 bits per heavy atom. The summed E-state index contributed by atoms with van der Waals surface area (Å²) in [5.74, 6) is 0. The van der Waals surface area contributed by atoms with Crippen LogP contribution in [0.1, 0.15) is 0 Å². The molecule has 0 aromatic carbocycles. The lowest BCUT2D eigenvalue weighted by molar-refractivity contribution is -0.396. The van der Waals surface area contributed by atoms with E-state index >= 15 is 0 Å². The molecule has 0 aliphatic carbocycles. The molecule has 448 valence electrons. The van der Waals surface area contributed by atoms with E-state index in [-0.39, 0.29) is 0 Å². The summed E-state index contributed by atoms with van der Waals surface area (Å²) in [7, 11) is 0. The van der Waals surface area contributed by atoms with Gasteiger partial charge in [0.1, 0.15) is 171 Å². The van der Waals surface area contributed by atoms with Gasteiger partial charge in [-0.25, -0.2) is 0 Å². The minimum absolute atomic E-state index is 1.05. The van der Waals surface area contributed by atoms with Crippen molar-refractivity contribution in [1.29, 1.82) is 0 Å². The van der Waals surface area contributed by atoms with Crippen LogP contribution in [0.15, 0.2) is 0 Å². The van der Waals surface area contributed by atoms with Gasteiger partial charge in [-0.05, 0) is 0 Å². The van der Waals surface area contributed by atoms with Crippen molar-refractivity contribution in [2.75, 3.05) is 46.2 Å². The van der Waals surface area contributed by atoms with Crippen LogP contribution >= 0.6 is 0 Å². The summed E-state index contributed by atoms with van der Waals surface area (Å²) < 4.78 is 79.5. The van der Waals surface area contributed by atoms with Crippen molar-refractivity contribution in [2.45, 2.75) is 215 Å². The van der Waals surface area contributed by atoms with E-state index in [1.165, 1.54) is 0 Å². The van der Waals surface area contributed by atoms with Crippen LogP contribution in [0.3, 0.4) is 0 Å². The minimum Gasteiger partial charge on any atom is -0.394 e. The van der Waals surface area contributed by atoms with E-state index in [0.717, 1.165) is 0 Å². The largest absolute Gasteiger partial charge is 0.394 e. The summed E-state index contributed by atoms with van der Waals surface area (Å²) in [6, 6.07) is 0. The molecule has 0 spiro atoms. The maximum Gasteiger partial charge on any atom is 0.187 e. The van der Waals surface area contributed by atoms with Crippen molar-refractivity contribution in [1.82, 2.24) is 0 Å². The average Bonchev–Trinajstić information content (AvgIpc) is 3.45. The summed E-state index contributed by atoms with van der Waals surface area (Å²) in [6.45, 7) is -7.33. The maximum absolute atomic E-state index is 11.3. The smallest absolute Gasteiger partial charge is 0.187 e. The summed E-state index contributed by atoms with van der Waals surface area (Å²) in [5.41, 5.74) is 0. The van der Waals surface area contributed by atoms with Crippen LogP contribution in [-0.2, 0) is 66.3 Å². The molecule has 21 N–H and O–H groups in total. The predicted octanol–water partition coefficient (Wildman–Crippen LogP) is -15.2. The Hall–Kier alpha value is -1.40. The van der Waals surface area contributed by atoms with E-state index in [1.807, 2.05) is 0 Å². The zero-order chi connectivity index (χ0) is 56.1. The summed E-state index contributed by atoms with van der Waals surface area (Å²) >= 11 is 0. The first-order chi connectivity index (χ1) is 36.7. The molecule has 21 aliphatic rings. The number of rotatable bonds is 7. The highest BCUT2D eigenvalue weighted by Gasteiger charge is 2.59. The first-order valence-corrected chi connectivity index (χ1v) is 24.6. The topological polar surface area (TPSA) is 554 Å². The standard InChI is InChI=1S/C42H70O35/c43-1-8-29-15(50)22(57)36(64-8)72-30-9(2-44)66-38(24(59)17(30)52)74-32-11(4-46)68-40(26(61)19(32)54)76-34-13(6-48)70-42(28(63)21(34)56)77-35-14(7-49)69-41(27(62)20(35)55)75-33-12(5-47)67-39(25(60)18(33)53)73-31-10(3-45)65-37(71-29)23(58)16(31)51/h8-63H,1-7H2/t8-,9-,10-,11-,12-,13-,14+,15+,16+,17+,18+,19+,20+,21+,22+,23+,24+,25+,26+,27+,28+,29+,30+,31+,32+,33+,34+,35+,36-,37-,38-,39+,40-,41-,42-/m0/s1. The Kier molecular flexibility index (Phi) is 20.8. The van der Waals surface area contributed by atoms with Crippen LogP contribution < -0.4 is 0 Å². The van der Waals surface area contributed by atoms with Crippen molar-refractivity contribution in [3.05, 3.63) is 0 Å². The molecule has 21 saturated heterocycles. The van der Waals surface area contributed by atoms with Gasteiger partial charge in [0, 0.05) is 0 Å². The highest BCUT2D eigenvalue weighted by molar-refractivity contribution is 5.01. The van der Waals surface area contributed by atoms with Gasteiger partial charge >= 0.3 is 0 Å². The molecular weight excluding hydrogens is 1060 g/mol. The number of hydrogen-bond acceptors (Lipinski definition) is 35. The predicted molar refractivity (Wildman–Crippen MR) is 228 cm³/mol. The Bertz CT molecular complexity index is 1470. The lowest BCUT2D eigenvalue weighted by Crippen LogP contribution is -2.68. The lowest BCUT2D eigenvalue weighted by atomic mass is 9.95. The molecule has 35 heteroatoms. The molecule has 0 saturated carbocycles. The van der Waals surface area contributed by atoms with E-state index in [1.54, 1.807) is 0 Å². The minimum atomic E-state index is -2.21. The van der Waals surface area contributed by atoms with Crippen molar-refractivity contribution < 1.29 is 174 Å². The van der Waals surface area contributed by atoms with Gasteiger partial charge in [0.2, 0.25) is 0 Å². The van der Waals surface area contributed by atoms with Crippen molar-refractivity contribution in [3.8, 4) is 0 Å². The first kappa shape index (κ1) is 61.7. The number of aliphatic hydroxyl groups is 21. The zero-order valence-corrected chi connectivity index (χ0v) is 40.3. The molecule has 0 aromatic rings. The van der Waals surface area contributed by atoms with Crippen LogP contribution in [0, 0.1) is 0 Å². The second-order valence-electron chi connectivity index (χ2n) is 19.7. The fourth-order valence-corrected chi connectivity index (χ4v) is 10.4. The second-order valence-corrected chi connectivity index (χ2v) is 19.7. The first-order valence-electron chi connectivity index (χ1n) is 24.6. The van der Waals surface area contributed by atoms with Gasteiger partial charge in [-0.2, -0.15) is 0 Å². The summed E-state index contributed by atoms with van der Waals surface area (Å²) in [4.78, 5) is 0. The van der Waals surface area contributed by atoms with Crippen molar-refractivity contribution >= 4 is 0 Å². The third-order valence-corrected chi connectivity index (χ3v) is 14.8. The molecule has 21 heterocycles. The van der Waals surface area contributed by atoms with Gasteiger partial charge in [0.15, 0.2) is 44.0 Å². The van der Waals surface area contributed by atoms with Crippen LogP contribution in [0.4, 0.5) is 0 Å². The molecule has 0 amide bonds. The van der Waals surface area contributed by atoms with Gasteiger partial charge in [0.25, 0.3) is 0 Å². The second kappa shape index (κ2) is 26.0. The molecule has 14 bridgehead atoms. The van der Waals surface area contributed by atoms with Crippen LogP contribution in [0.2, 0.25) is 0 Å². The molecule has 21 rings (SSSR count). The Labute approximate surface area is 434 Å². The quantitative estimate of drug-likeness (QED) is 0.113. The maximum atomic E-state index is 11.3. The highest BCUT2D eigenvalue weighted by Crippen LogP contribution is 2.39. The Morgan fingerprint density at radius 2 is 0.260 bits per heavy atom. The van der Waals surface area contributed by atoms with Crippen LogP contribution in [0.25, 0.3) is 0 Å². The van der Waals surface area contributed by atoms with Gasteiger partial charge < -0.3 is 174 Å². The molecular formula is C42H70O35. The third-order valence-electron chi connectivity index (χ3n) is 14.8. The van der Waals surface area contributed by atoms with Crippen LogP contribution in [-0.4, -0.2) is 368 Å². The molecule has 35 atom stereocenters. The Balaban J connectivity index is 1.08.